The molecule has 0 aliphatic rings. The lowest BCUT2D eigenvalue weighted by molar-refractivity contribution is 0.493. The molecule has 2 rings (SSSR count). The monoisotopic (exact) mass is 381 g/mol. The van der Waals surface area contributed by atoms with E-state index in [0.29, 0.717) is 6.04 Å². The predicted octanol–water partition coefficient (Wildman–Crippen LogP) is 5.62. The number of benzene rings is 2. The Morgan fingerprint density at radius 1 is 0.895 bits per heavy atom. The van der Waals surface area contributed by atoms with Gasteiger partial charge in [-0.2, -0.15) is 0 Å². The maximum Gasteiger partial charge on any atom is 0.0308 e. The predicted molar refractivity (Wildman–Crippen MR) is 88.2 cm³/mol. The van der Waals surface area contributed by atoms with Crippen molar-refractivity contribution in [1.29, 1.82) is 0 Å². The van der Waals surface area contributed by atoms with Gasteiger partial charge >= 0.3 is 0 Å². The van der Waals surface area contributed by atoms with E-state index in [1.54, 1.807) is 0 Å². The van der Waals surface area contributed by atoms with Gasteiger partial charge in [0.2, 0.25) is 0 Å². The first-order chi connectivity index (χ1) is 9.08. The lowest BCUT2D eigenvalue weighted by Crippen LogP contribution is -2.22. The molecule has 0 fully saturated rings. The molecule has 19 heavy (non-hydrogen) atoms. The van der Waals surface area contributed by atoms with E-state index in [9.17, 15) is 0 Å². The fourth-order valence-electron chi connectivity index (χ4n) is 2.16. The minimum absolute atomic E-state index is 0.290. The summed E-state index contributed by atoms with van der Waals surface area (Å²) in [7, 11) is 0. The first kappa shape index (κ1) is 14.8. The van der Waals surface area contributed by atoms with Crippen LogP contribution in [-0.4, -0.2) is 0 Å². The normalized spacial score (nSPS) is 14.1. The van der Waals surface area contributed by atoms with E-state index in [4.69, 9.17) is 0 Å². The van der Waals surface area contributed by atoms with Crippen molar-refractivity contribution in [1.82, 2.24) is 5.32 Å². The van der Waals surface area contributed by atoms with Crippen molar-refractivity contribution in [2.24, 2.45) is 0 Å². The number of rotatable bonds is 4. The maximum atomic E-state index is 3.63. The highest BCUT2D eigenvalue weighted by molar-refractivity contribution is 9.11. The first-order valence-electron chi connectivity index (χ1n) is 6.34. The average molecular weight is 383 g/mol. The Balaban J connectivity index is 2.10. The maximum absolute atomic E-state index is 3.63. The molecule has 100 valence electrons. The second kappa shape index (κ2) is 6.69. The van der Waals surface area contributed by atoms with Crippen LogP contribution in [0.1, 0.15) is 37.1 Å². The summed E-state index contributed by atoms with van der Waals surface area (Å²) in [6.07, 6.45) is 0. The third-order valence-corrected chi connectivity index (χ3v) is 4.41. The Morgan fingerprint density at radius 2 is 1.58 bits per heavy atom. The largest absolute Gasteiger partial charge is 0.304 e. The Bertz CT molecular complexity index is 540. The van der Waals surface area contributed by atoms with Crippen LogP contribution in [0.4, 0.5) is 0 Å². The Kier molecular flexibility index (Phi) is 5.20. The molecule has 1 unspecified atom stereocenters. The Morgan fingerprint density at radius 3 is 2.21 bits per heavy atom. The smallest absolute Gasteiger partial charge is 0.0308 e. The van der Waals surface area contributed by atoms with Crippen LogP contribution >= 0.6 is 31.9 Å². The third kappa shape index (κ3) is 3.91. The first-order valence-corrected chi connectivity index (χ1v) is 7.92. The molecule has 2 aromatic rings. The highest BCUT2D eigenvalue weighted by Gasteiger charge is 2.13. The van der Waals surface area contributed by atoms with E-state index in [-0.39, 0.29) is 6.04 Å². The zero-order valence-corrected chi connectivity index (χ0v) is 14.2. The molecule has 0 saturated heterocycles. The van der Waals surface area contributed by atoms with E-state index in [0.717, 1.165) is 8.95 Å². The van der Waals surface area contributed by atoms with Crippen molar-refractivity contribution in [2.75, 3.05) is 0 Å². The van der Waals surface area contributed by atoms with Crippen LogP contribution in [0.15, 0.2) is 57.5 Å². The van der Waals surface area contributed by atoms with Crippen LogP contribution in [0.3, 0.4) is 0 Å². The summed E-state index contributed by atoms with van der Waals surface area (Å²) in [6, 6.07) is 17.4. The summed E-state index contributed by atoms with van der Waals surface area (Å²) in [5, 5.41) is 3.63. The number of hydrogen-bond acceptors (Lipinski definition) is 1. The van der Waals surface area contributed by atoms with Gasteiger partial charge in [-0.05, 0) is 37.1 Å². The molecule has 1 nitrogen and oxygen atoms in total. The standard InChI is InChI=1S/C16H17Br2N/c1-11(13-6-4-3-5-7-13)19-12(2)15-9-8-14(17)10-16(15)18/h3-12,19H,1-2H3/t11-,12?/m0/s1. The molecule has 0 heterocycles. The van der Waals surface area contributed by atoms with Gasteiger partial charge in [0.25, 0.3) is 0 Å². The van der Waals surface area contributed by atoms with E-state index in [1.807, 2.05) is 6.07 Å². The lowest BCUT2D eigenvalue weighted by atomic mass is 10.0. The SMILES string of the molecule is CC(N[C@@H](C)c1ccccc1)c1ccc(Br)cc1Br. The molecule has 2 atom stereocenters. The zero-order chi connectivity index (χ0) is 13.8. The van der Waals surface area contributed by atoms with E-state index >= 15 is 0 Å². The van der Waals surface area contributed by atoms with Crippen LogP contribution in [0.25, 0.3) is 0 Å². The summed E-state index contributed by atoms with van der Waals surface area (Å²) in [6.45, 7) is 4.38. The van der Waals surface area contributed by atoms with Gasteiger partial charge in [-0.25, -0.2) is 0 Å². The summed E-state index contributed by atoms with van der Waals surface area (Å²) >= 11 is 7.11. The molecule has 1 N–H and O–H groups in total. The third-order valence-electron chi connectivity index (χ3n) is 3.23. The van der Waals surface area contributed by atoms with E-state index < -0.39 is 0 Å². The molecule has 0 aromatic heterocycles. The Labute approximate surface area is 131 Å². The van der Waals surface area contributed by atoms with Gasteiger partial charge in [0.05, 0.1) is 0 Å². The molecule has 0 radical (unpaired) electrons. The topological polar surface area (TPSA) is 12.0 Å². The van der Waals surface area contributed by atoms with Crippen LogP contribution in [0.5, 0.6) is 0 Å². The van der Waals surface area contributed by atoms with E-state index in [1.165, 1.54) is 11.1 Å². The minimum atomic E-state index is 0.290. The summed E-state index contributed by atoms with van der Waals surface area (Å²) in [5.74, 6) is 0. The Hall–Kier alpha value is -0.640. The van der Waals surface area contributed by atoms with Crippen molar-refractivity contribution in [3.8, 4) is 0 Å². The zero-order valence-electron chi connectivity index (χ0n) is 11.0. The number of halogens is 2. The van der Waals surface area contributed by atoms with Crippen molar-refractivity contribution in [3.05, 3.63) is 68.6 Å². The molecular weight excluding hydrogens is 366 g/mol. The van der Waals surface area contributed by atoms with Gasteiger partial charge in [0.15, 0.2) is 0 Å². The highest BCUT2D eigenvalue weighted by Crippen LogP contribution is 2.28. The molecule has 0 aliphatic heterocycles. The summed E-state index contributed by atoms with van der Waals surface area (Å²) in [5.41, 5.74) is 2.58. The van der Waals surface area contributed by atoms with Gasteiger partial charge in [-0.15, -0.1) is 0 Å². The van der Waals surface area contributed by atoms with Crippen molar-refractivity contribution < 1.29 is 0 Å². The fourth-order valence-corrected chi connectivity index (χ4v) is 3.55. The van der Waals surface area contributed by atoms with Gasteiger partial charge in [0.1, 0.15) is 0 Å². The number of hydrogen-bond donors (Lipinski definition) is 1. The second-order valence-corrected chi connectivity index (χ2v) is 6.46. The highest BCUT2D eigenvalue weighted by atomic mass is 79.9. The molecule has 3 heteroatoms. The van der Waals surface area contributed by atoms with Crippen LogP contribution in [0, 0.1) is 0 Å². The summed E-state index contributed by atoms with van der Waals surface area (Å²) in [4.78, 5) is 0. The number of nitrogens with one attached hydrogen (secondary N) is 1. The molecule has 2 aromatic carbocycles. The van der Waals surface area contributed by atoms with Crippen molar-refractivity contribution in [2.45, 2.75) is 25.9 Å². The van der Waals surface area contributed by atoms with Gasteiger partial charge in [0, 0.05) is 21.0 Å². The van der Waals surface area contributed by atoms with Crippen LogP contribution in [0.2, 0.25) is 0 Å². The molecule has 0 aliphatic carbocycles. The van der Waals surface area contributed by atoms with Gasteiger partial charge in [-0.1, -0.05) is 68.3 Å². The molecular formula is C16H17Br2N. The van der Waals surface area contributed by atoms with Crippen LogP contribution in [-0.2, 0) is 0 Å². The van der Waals surface area contributed by atoms with Crippen LogP contribution < -0.4 is 5.32 Å². The fraction of sp³-hybridized carbons (Fsp3) is 0.250. The molecule has 0 spiro atoms. The average Bonchev–Trinajstić information content (AvgIpc) is 2.39. The lowest BCUT2D eigenvalue weighted by Gasteiger charge is -2.21. The quantitative estimate of drug-likeness (QED) is 0.723. The van der Waals surface area contributed by atoms with Gasteiger partial charge in [-0.3, -0.25) is 0 Å². The van der Waals surface area contributed by atoms with Crippen molar-refractivity contribution >= 4 is 31.9 Å². The summed E-state index contributed by atoms with van der Waals surface area (Å²) < 4.78 is 2.22. The molecule has 0 saturated carbocycles. The van der Waals surface area contributed by atoms with E-state index in [2.05, 4.69) is 93.5 Å². The van der Waals surface area contributed by atoms with Crippen molar-refractivity contribution in [3.63, 3.8) is 0 Å². The second-order valence-electron chi connectivity index (χ2n) is 4.69. The minimum Gasteiger partial charge on any atom is -0.304 e. The van der Waals surface area contributed by atoms with Gasteiger partial charge < -0.3 is 5.32 Å². The molecule has 0 amide bonds. The molecule has 0 bridgehead atoms.